The van der Waals surface area contributed by atoms with Crippen molar-refractivity contribution in [3.8, 4) is 12.3 Å². The molecule has 9 heteroatoms. The van der Waals surface area contributed by atoms with Crippen molar-refractivity contribution in [1.82, 2.24) is 25.1 Å². The molecule has 2 aliphatic heterocycles. The first-order valence-corrected chi connectivity index (χ1v) is 13.7. The fourth-order valence-corrected chi connectivity index (χ4v) is 5.31. The highest BCUT2D eigenvalue weighted by molar-refractivity contribution is 5.91. The summed E-state index contributed by atoms with van der Waals surface area (Å²) in [5, 5.41) is 5.69. The lowest BCUT2D eigenvalue weighted by atomic mass is 10.0. The van der Waals surface area contributed by atoms with Crippen molar-refractivity contribution in [2.45, 2.75) is 57.8 Å². The number of fused-ring (bicyclic) bond motifs is 1. The minimum atomic E-state index is -0.747. The molecule has 1 N–H and O–H groups in total. The number of benzene rings is 2. The van der Waals surface area contributed by atoms with Crippen LogP contribution in [0, 0.1) is 18.2 Å². The molecule has 1 unspecified atom stereocenters. The first-order valence-electron chi connectivity index (χ1n) is 13.7. The summed E-state index contributed by atoms with van der Waals surface area (Å²) >= 11 is 0. The normalized spacial score (nSPS) is 18.8. The summed E-state index contributed by atoms with van der Waals surface area (Å²) in [6, 6.07) is 14.9. The molecule has 0 aliphatic carbocycles. The van der Waals surface area contributed by atoms with Crippen LogP contribution in [0.25, 0.3) is 0 Å². The van der Waals surface area contributed by atoms with Gasteiger partial charge in [-0.3, -0.25) is 14.6 Å². The van der Waals surface area contributed by atoms with E-state index in [2.05, 4.69) is 29.9 Å². The molecule has 0 bridgehead atoms. The van der Waals surface area contributed by atoms with Gasteiger partial charge in [0.25, 0.3) is 0 Å². The number of urea groups is 1. The third-order valence-electron chi connectivity index (χ3n) is 7.34. The quantitative estimate of drug-likeness (QED) is 0.363. The van der Waals surface area contributed by atoms with Gasteiger partial charge >= 0.3 is 6.03 Å². The Morgan fingerprint density at radius 1 is 1.10 bits per heavy atom. The van der Waals surface area contributed by atoms with Gasteiger partial charge in [-0.15, -0.1) is 6.42 Å². The van der Waals surface area contributed by atoms with Crippen molar-refractivity contribution in [3.05, 3.63) is 83.8 Å². The molecule has 8 nitrogen and oxygen atoms in total. The standard InChI is InChI=1S/C31H36FN5O3/c1-4-11-27-30(39)34(19-10-9-14-24-12-7-6-8-13-24)21-28-36(27)29(38)22-35(23(3)5-2)37(28)31(40)33-20-25-15-17-26(32)18-16-25/h2,6-8,12-13,15-18,27-28H,3-4,9-11,14,19-22H2,1H3,(H,33,40)/t27?,28-/m0/s1. The number of amides is 4. The molecule has 2 aliphatic rings. The lowest BCUT2D eigenvalue weighted by Gasteiger charge is -2.55. The van der Waals surface area contributed by atoms with E-state index in [4.69, 9.17) is 6.42 Å². The number of aryl methyl sites for hydroxylation is 1. The first kappa shape index (κ1) is 28.7. The fraction of sp³-hybridized carbons (Fsp3) is 0.387. The number of nitrogens with one attached hydrogen (secondary N) is 1. The smallest absolute Gasteiger partial charge is 0.337 e. The van der Waals surface area contributed by atoms with Crippen LogP contribution < -0.4 is 5.32 Å². The second-order valence-corrected chi connectivity index (χ2v) is 10.1. The van der Waals surface area contributed by atoms with Crippen molar-refractivity contribution < 1.29 is 18.8 Å². The van der Waals surface area contributed by atoms with E-state index in [1.54, 1.807) is 21.9 Å². The Labute approximate surface area is 235 Å². The molecule has 2 heterocycles. The number of hydrogen-bond acceptors (Lipinski definition) is 4. The second-order valence-electron chi connectivity index (χ2n) is 10.1. The minimum Gasteiger partial charge on any atom is -0.337 e. The number of terminal acetylenes is 1. The van der Waals surface area contributed by atoms with E-state index < -0.39 is 18.2 Å². The molecule has 0 spiro atoms. The lowest BCUT2D eigenvalue weighted by molar-refractivity contribution is -0.185. The Morgan fingerprint density at radius 3 is 2.50 bits per heavy atom. The van der Waals surface area contributed by atoms with Gasteiger partial charge in [0.2, 0.25) is 11.8 Å². The average Bonchev–Trinajstić information content (AvgIpc) is 2.96. The topological polar surface area (TPSA) is 76.2 Å². The third-order valence-corrected chi connectivity index (χ3v) is 7.34. The number of piperazine rings is 1. The number of carbonyl (C=O) groups excluding carboxylic acids is 3. The van der Waals surface area contributed by atoms with Gasteiger partial charge in [0.05, 0.1) is 6.54 Å². The van der Waals surface area contributed by atoms with Crippen LogP contribution in [-0.4, -0.2) is 69.5 Å². The zero-order valence-corrected chi connectivity index (χ0v) is 22.9. The molecule has 2 aromatic rings. The van der Waals surface area contributed by atoms with Gasteiger partial charge in [-0.2, -0.15) is 0 Å². The largest absolute Gasteiger partial charge is 0.338 e. The van der Waals surface area contributed by atoms with Crippen LogP contribution in [0.2, 0.25) is 0 Å². The number of halogens is 1. The van der Waals surface area contributed by atoms with E-state index >= 15 is 0 Å². The number of rotatable bonds is 10. The van der Waals surface area contributed by atoms with Gasteiger partial charge in [-0.1, -0.05) is 68.3 Å². The van der Waals surface area contributed by atoms with E-state index in [1.165, 1.54) is 27.7 Å². The SMILES string of the molecule is C#CC(=C)N1CC(=O)N2C(CCC)C(=O)N(CCCCc3ccccc3)C[C@@H]2N1C(=O)NCc1ccc(F)cc1. The van der Waals surface area contributed by atoms with E-state index in [0.717, 1.165) is 19.3 Å². The highest BCUT2D eigenvalue weighted by Gasteiger charge is 2.51. The van der Waals surface area contributed by atoms with Crippen molar-refractivity contribution in [2.75, 3.05) is 19.6 Å². The predicted octanol–water partition coefficient (Wildman–Crippen LogP) is 3.90. The molecule has 4 amide bonds. The molecule has 0 radical (unpaired) electrons. The van der Waals surface area contributed by atoms with Crippen LogP contribution in [0.1, 0.15) is 43.7 Å². The summed E-state index contributed by atoms with van der Waals surface area (Å²) in [5.41, 5.74) is 2.13. The van der Waals surface area contributed by atoms with E-state index in [-0.39, 0.29) is 43.0 Å². The van der Waals surface area contributed by atoms with Gasteiger partial charge in [-0.25, -0.2) is 14.2 Å². The Kier molecular flexibility index (Phi) is 9.43. The maximum atomic E-state index is 13.6. The van der Waals surface area contributed by atoms with E-state index in [0.29, 0.717) is 24.9 Å². The molecule has 0 saturated carbocycles. The molecule has 2 saturated heterocycles. The van der Waals surface area contributed by atoms with E-state index in [1.807, 2.05) is 25.1 Å². The van der Waals surface area contributed by atoms with Crippen LogP contribution >= 0.6 is 0 Å². The van der Waals surface area contributed by atoms with Crippen molar-refractivity contribution in [2.24, 2.45) is 0 Å². The third kappa shape index (κ3) is 6.45. The molecular weight excluding hydrogens is 509 g/mol. The van der Waals surface area contributed by atoms with Crippen LogP contribution in [-0.2, 0) is 22.6 Å². The predicted molar refractivity (Wildman–Crippen MR) is 150 cm³/mol. The lowest BCUT2D eigenvalue weighted by Crippen LogP contribution is -2.76. The summed E-state index contributed by atoms with van der Waals surface area (Å²) in [6.07, 6.45) is 8.68. The number of carbonyl (C=O) groups is 3. The molecular formula is C31H36FN5O3. The van der Waals surface area contributed by atoms with Gasteiger partial charge in [0.15, 0.2) is 0 Å². The number of unbranched alkanes of at least 4 members (excludes halogenated alkanes) is 1. The van der Waals surface area contributed by atoms with Crippen molar-refractivity contribution in [1.29, 1.82) is 0 Å². The summed E-state index contributed by atoms with van der Waals surface area (Å²) in [4.78, 5) is 43.9. The molecule has 2 aromatic carbocycles. The van der Waals surface area contributed by atoms with Crippen LogP contribution in [0.15, 0.2) is 66.9 Å². The molecule has 2 atom stereocenters. The van der Waals surface area contributed by atoms with E-state index in [9.17, 15) is 18.8 Å². The van der Waals surface area contributed by atoms with Gasteiger partial charge < -0.3 is 15.1 Å². The number of hydrogen-bond donors (Lipinski definition) is 1. The summed E-state index contributed by atoms with van der Waals surface area (Å²) < 4.78 is 13.3. The van der Waals surface area contributed by atoms with Crippen molar-refractivity contribution >= 4 is 17.8 Å². The van der Waals surface area contributed by atoms with Crippen LogP contribution in [0.3, 0.4) is 0 Å². The Balaban J connectivity index is 1.55. The second kappa shape index (κ2) is 13.2. The monoisotopic (exact) mass is 545 g/mol. The zero-order chi connectivity index (χ0) is 28.6. The van der Waals surface area contributed by atoms with Gasteiger partial charge in [0, 0.05) is 13.1 Å². The summed E-state index contributed by atoms with van der Waals surface area (Å²) in [6.45, 7) is 6.48. The van der Waals surface area contributed by atoms with Crippen LogP contribution in [0.5, 0.6) is 0 Å². The highest BCUT2D eigenvalue weighted by Crippen LogP contribution is 2.30. The zero-order valence-electron chi connectivity index (χ0n) is 22.9. The Hall–Kier alpha value is -4.32. The van der Waals surface area contributed by atoms with Gasteiger partial charge in [0.1, 0.15) is 30.3 Å². The summed E-state index contributed by atoms with van der Waals surface area (Å²) in [5.74, 6) is 1.71. The minimum absolute atomic E-state index is 0.0953. The molecule has 40 heavy (non-hydrogen) atoms. The van der Waals surface area contributed by atoms with Crippen molar-refractivity contribution in [3.63, 3.8) is 0 Å². The Morgan fingerprint density at radius 2 is 1.82 bits per heavy atom. The average molecular weight is 546 g/mol. The number of allylic oxidation sites excluding steroid dienone is 1. The maximum Gasteiger partial charge on any atom is 0.338 e. The molecule has 0 aromatic heterocycles. The first-order chi connectivity index (χ1) is 19.3. The molecule has 2 fully saturated rings. The van der Waals surface area contributed by atoms with Gasteiger partial charge in [-0.05, 0) is 48.9 Å². The molecule has 210 valence electrons. The van der Waals surface area contributed by atoms with Crippen LogP contribution in [0.4, 0.5) is 9.18 Å². The highest BCUT2D eigenvalue weighted by atomic mass is 19.1. The summed E-state index contributed by atoms with van der Waals surface area (Å²) in [7, 11) is 0. The molecule has 4 rings (SSSR count). The maximum absolute atomic E-state index is 13.6. The Bertz CT molecular complexity index is 1260. The fourth-order valence-electron chi connectivity index (χ4n) is 5.31. The number of nitrogens with zero attached hydrogens (tertiary/aromatic N) is 4. The number of hydrazine groups is 1.